The molecule has 1 aromatic carbocycles. The number of hydrogen-bond acceptors (Lipinski definition) is 4. The van der Waals surface area contributed by atoms with E-state index in [1.807, 2.05) is 70.2 Å². The fourth-order valence-electron chi connectivity index (χ4n) is 3.21. The first-order valence-corrected chi connectivity index (χ1v) is 11.1. The summed E-state index contributed by atoms with van der Waals surface area (Å²) in [7, 11) is 1.47. The fraction of sp³-hybridized carbons (Fsp3) is 0.440. The van der Waals surface area contributed by atoms with Crippen molar-refractivity contribution in [1.29, 1.82) is 0 Å². The van der Waals surface area contributed by atoms with Crippen LogP contribution in [-0.2, 0) is 25.6 Å². The number of likely N-dealkylation sites (N-methyl/N-ethyl adjacent to an activating group) is 1. The molecule has 2 atom stereocenters. The lowest BCUT2D eigenvalue weighted by Crippen LogP contribution is -2.56. The molecule has 1 rings (SSSR count). The summed E-state index contributed by atoms with van der Waals surface area (Å²) in [5.41, 5.74) is 2.96. The molecule has 0 saturated heterocycles. The second-order valence-electron chi connectivity index (χ2n) is 8.02. The number of allylic oxidation sites excluding steroid dienone is 4. The number of amides is 4. The van der Waals surface area contributed by atoms with E-state index >= 15 is 0 Å². The first kappa shape index (κ1) is 27.6. The Morgan fingerprint density at radius 3 is 2.09 bits per heavy atom. The van der Waals surface area contributed by atoms with E-state index in [0.717, 1.165) is 16.7 Å². The summed E-state index contributed by atoms with van der Waals surface area (Å²) < 4.78 is 0. The number of nitrogens with one attached hydrogen (secondary N) is 4. The predicted molar refractivity (Wildman–Crippen MR) is 130 cm³/mol. The summed E-state index contributed by atoms with van der Waals surface area (Å²) in [6.45, 7) is 8.67. The molecule has 0 fully saturated rings. The van der Waals surface area contributed by atoms with Crippen LogP contribution in [0.25, 0.3) is 5.57 Å². The highest BCUT2D eigenvalue weighted by atomic mass is 16.2. The van der Waals surface area contributed by atoms with Gasteiger partial charge in [0, 0.05) is 20.4 Å². The zero-order chi connectivity index (χ0) is 25.0. The Balaban J connectivity index is 3.09. The van der Waals surface area contributed by atoms with Crippen molar-refractivity contribution in [2.45, 2.75) is 53.1 Å². The minimum atomic E-state index is -0.917. The van der Waals surface area contributed by atoms with E-state index in [-0.39, 0.29) is 30.7 Å². The largest absolute Gasteiger partial charge is 0.358 e. The number of benzene rings is 1. The molecule has 1 aromatic rings. The van der Waals surface area contributed by atoms with Crippen molar-refractivity contribution in [1.82, 2.24) is 21.3 Å². The van der Waals surface area contributed by atoms with Gasteiger partial charge < -0.3 is 21.3 Å². The Hall–Kier alpha value is -3.42. The lowest BCUT2D eigenvalue weighted by atomic mass is 9.98. The van der Waals surface area contributed by atoms with Crippen molar-refractivity contribution in [2.75, 3.05) is 13.6 Å². The summed E-state index contributed by atoms with van der Waals surface area (Å²) in [4.78, 5) is 48.8. The van der Waals surface area contributed by atoms with Crippen molar-refractivity contribution >= 4 is 29.2 Å². The van der Waals surface area contributed by atoms with Gasteiger partial charge >= 0.3 is 0 Å². The third kappa shape index (κ3) is 9.31. The number of carbonyl (C=O) groups is 4. The van der Waals surface area contributed by atoms with E-state index in [4.69, 9.17) is 0 Å². The normalized spacial score (nSPS) is 13.4. The average Bonchev–Trinajstić information content (AvgIpc) is 2.78. The zero-order valence-electron chi connectivity index (χ0n) is 20.3. The molecule has 4 N–H and O–H groups in total. The van der Waals surface area contributed by atoms with Gasteiger partial charge in [0.2, 0.25) is 23.6 Å². The van der Waals surface area contributed by atoms with Crippen molar-refractivity contribution in [3.05, 3.63) is 53.6 Å². The van der Waals surface area contributed by atoms with Gasteiger partial charge in [-0.05, 0) is 36.5 Å². The van der Waals surface area contributed by atoms with Gasteiger partial charge in [0.15, 0.2) is 0 Å². The Kier molecular flexibility index (Phi) is 11.6. The summed E-state index contributed by atoms with van der Waals surface area (Å²) in [6, 6.07) is 6.03. The minimum Gasteiger partial charge on any atom is -0.358 e. The molecule has 0 saturated carbocycles. The molecule has 0 aliphatic carbocycles. The second-order valence-corrected chi connectivity index (χ2v) is 8.02. The van der Waals surface area contributed by atoms with Crippen LogP contribution in [0.3, 0.4) is 0 Å². The van der Waals surface area contributed by atoms with Gasteiger partial charge in [-0.2, -0.15) is 0 Å². The van der Waals surface area contributed by atoms with Gasteiger partial charge in [0.1, 0.15) is 12.1 Å². The molecule has 4 amide bonds. The maximum absolute atomic E-state index is 12.9. The Labute approximate surface area is 196 Å². The lowest BCUT2D eigenvalue weighted by Gasteiger charge is -2.25. The molecule has 8 nitrogen and oxygen atoms in total. The maximum Gasteiger partial charge on any atom is 0.243 e. The number of rotatable bonds is 11. The van der Waals surface area contributed by atoms with E-state index < -0.39 is 23.9 Å². The Bertz CT molecular complexity index is 888. The van der Waals surface area contributed by atoms with E-state index in [9.17, 15) is 19.2 Å². The van der Waals surface area contributed by atoms with Crippen LogP contribution in [0.1, 0.15) is 45.7 Å². The second kappa shape index (κ2) is 13.9. The van der Waals surface area contributed by atoms with E-state index in [2.05, 4.69) is 21.3 Å². The highest BCUT2D eigenvalue weighted by Crippen LogP contribution is 2.17. The van der Waals surface area contributed by atoms with Gasteiger partial charge in [-0.3, -0.25) is 19.2 Å². The van der Waals surface area contributed by atoms with Crippen molar-refractivity contribution < 1.29 is 19.2 Å². The molecule has 0 radical (unpaired) electrons. The van der Waals surface area contributed by atoms with Gasteiger partial charge in [-0.25, -0.2) is 0 Å². The van der Waals surface area contributed by atoms with Crippen LogP contribution in [0.2, 0.25) is 0 Å². The SMILES string of the molecule is C/C=C\C(=C/C)c1ccc(C[C@H](NC(=O)C(NC(C)=O)C(C)C)C(=O)NCC(=O)NC)cc1. The van der Waals surface area contributed by atoms with Crippen LogP contribution >= 0.6 is 0 Å². The van der Waals surface area contributed by atoms with Crippen LogP contribution in [-0.4, -0.2) is 49.3 Å². The predicted octanol–water partition coefficient (Wildman–Crippen LogP) is 1.72. The molecule has 0 aliphatic heterocycles. The first-order chi connectivity index (χ1) is 15.6. The lowest BCUT2D eigenvalue weighted by molar-refractivity contribution is -0.133. The van der Waals surface area contributed by atoms with Gasteiger partial charge in [-0.15, -0.1) is 0 Å². The van der Waals surface area contributed by atoms with Gasteiger partial charge in [-0.1, -0.05) is 56.3 Å². The molecular weight excluding hydrogens is 420 g/mol. The molecule has 0 spiro atoms. The summed E-state index contributed by atoms with van der Waals surface area (Å²) in [6.07, 6.45) is 6.22. The maximum atomic E-state index is 12.9. The smallest absolute Gasteiger partial charge is 0.243 e. The third-order valence-corrected chi connectivity index (χ3v) is 5.03. The molecule has 1 unspecified atom stereocenters. The summed E-state index contributed by atoms with van der Waals surface area (Å²) in [5.74, 6) is -1.79. The molecule has 8 heteroatoms. The van der Waals surface area contributed by atoms with E-state index in [1.54, 1.807) is 0 Å². The van der Waals surface area contributed by atoms with Crippen LogP contribution in [0.5, 0.6) is 0 Å². The molecule has 0 bridgehead atoms. The average molecular weight is 457 g/mol. The molecule has 33 heavy (non-hydrogen) atoms. The first-order valence-electron chi connectivity index (χ1n) is 11.1. The van der Waals surface area contributed by atoms with E-state index in [0.29, 0.717) is 0 Å². The molecule has 0 aromatic heterocycles. The number of hydrogen-bond donors (Lipinski definition) is 4. The topological polar surface area (TPSA) is 116 Å². The van der Waals surface area contributed by atoms with Crippen LogP contribution < -0.4 is 21.3 Å². The summed E-state index contributed by atoms with van der Waals surface area (Å²) >= 11 is 0. The molecule has 0 aliphatic rings. The van der Waals surface area contributed by atoms with Gasteiger partial charge in [0.25, 0.3) is 0 Å². The highest BCUT2D eigenvalue weighted by Gasteiger charge is 2.28. The number of carbonyl (C=O) groups excluding carboxylic acids is 4. The monoisotopic (exact) mass is 456 g/mol. The fourth-order valence-corrected chi connectivity index (χ4v) is 3.21. The standard InChI is InChI=1S/C25H36N4O4/c1-7-9-19(8-2)20-12-10-18(11-13-20)14-21(24(32)27-15-22(31)26-6)29-25(33)23(16(3)4)28-17(5)30/h7-13,16,21,23H,14-15H2,1-6H3,(H,26,31)(H,27,32)(H,28,30)(H,29,33)/b9-7-,19-8+/t21-,23?/m0/s1. The van der Waals surface area contributed by atoms with Crippen molar-refractivity contribution in [3.63, 3.8) is 0 Å². The third-order valence-electron chi connectivity index (χ3n) is 5.03. The molecular formula is C25H36N4O4. The molecule has 0 heterocycles. The van der Waals surface area contributed by atoms with Crippen LogP contribution in [0.15, 0.2) is 42.5 Å². The summed E-state index contributed by atoms with van der Waals surface area (Å²) in [5, 5.41) is 10.4. The highest BCUT2D eigenvalue weighted by molar-refractivity contribution is 5.93. The van der Waals surface area contributed by atoms with Crippen molar-refractivity contribution in [3.8, 4) is 0 Å². The van der Waals surface area contributed by atoms with Crippen molar-refractivity contribution in [2.24, 2.45) is 5.92 Å². The Morgan fingerprint density at radius 2 is 1.61 bits per heavy atom. The zero-order valence-corrected chi connectivity index (χ0v) is 20.3. The Morgan fingerprint density at radius 1 is 0.970 bits per heavy atom. The van der Waals surface area contributed by atoms with Gasteiger partial charge in [0.05, 0.1) is 6.54 Å². The molecule has 180 valence electrons. The quantitative estimate of drug-likeness (QED) is 0.379. The van der Waals surface area contributed by atoms with Crippen LogP contribution in [0.4, 0.5) is 0 Å². The minimum absolute atomic E-state index is 0.173. The van der Waals surface area contributed by atoms with Crippen LogP contribution in [0, 0.1) is 5.92 Å². The van der Waals surface area contributed by atoms with E-state index in [1.165, 1.54) is 14.0 Å².